The highest BCUT2D eigenvalue weighted by Gasteiger charge is 2.60. The molecule has 2 aromatic rings. The first-order valence-electron chi connectivity index (χ1n) is 16.4. The van der Waals surface area contributed by atoms with Gasteiger partial charge in [-0.2, -0.15) is 0 Å². The Labute approximate surface area is 260 Å². The number of carbonyl (C=O) groups excluding carboxylic acids is 3. The highest BCUT2D eigenvalue weighted by atomic mass is 16.6. The Kier molecular flexibility index (Phi) is 8.00. The van der Waals surface area contributed by atoms with Gasteiger partial charge in [-0.05, 0) is 50.9 Å². The van der Waals surface area contributed by atoms with E-state index >= 15 is 0 Å². The van der Waals surface area contributed by atoms with E-state index in [-0.39, 0.29) is 60.1 Å². The van der Waals surface area contributed by atoms with Crippen LogP contribution in [0.3, 0.4) is 0 Å². The average molecular weight is 601 g/mol. The zero-order valence-corrected chi connectivity index (χ0v) is 25.9. The number of carbonyl (C=O) groups is 3. The quantitative estimate of drug-likeness (QED) is 0.335. The summed E-state index contributed by atoms with van der Waals surface area (Å²) in [5.74, 6) is -2.38. The lowest BCUT2D eigenvalue weighted by Crippen LogP contribution is -2.54. The molecule has 0 N–H and O–H groups in total. The van der Waals surface area contributed by atoms with Crippen LogP contribution in [0.5, 0.6) is 0 Å². The van der Waals surface area contributed by atoms with Crippen molar-refractivity contribution < 1.29 is 28.6 Å². The summed E-state index contributed by atoms with van der Waals surface area (Å²) in [6.45, 7) is 1.45. The van der Waals surface area contributed by atoms with Gasteiger partial charge >= 0.3 is 17.9 Å². The van der Waals surface area contributed by atoms with E-state index < -0.39 is 11.8 Å². The highest BCUT2D eigenvalue weighted by Crippen LogP contribution is 2.59. The van der Waals surface area contributed by atoms with E-state index in [2.05, 4.69) is 23.9 Å². The van der Waals surface area contributed by atoms with Crippen LogP contribution in [-0.2, 0) is 28.6 Å². The lowest BCUT2D eigenvalue weighted by Gasteiger charge is -2.50. The van der Waals surface area contributed by atoms with Crippen LogP contribution in [0.1, 0.15) is 74.8 Å². The minimum atomic E-state index is -0.507. The second kappa shape index (κ2) is 11.9. The van der Waals surface area contributed by atoms with Gasteiger partial charge in [0.2, 0.25) is 0 Å². The maximum Gasteiger partial charge on any atom is 0.310 e. The lowest BCUT2D eigenvalue weighted by molar-refractivity contribution is -0.177. The molecule has 4 heterocycles. The smallest absolute Gasteiger partial charge is 0.310 e. The summed E-state index contributed by atoms with van der Waals surface area (Å²) in [5, 5.41) is 0. The van der Waals surface area contributed by atoms with Crippen molar-refractivity contribution in [3.8, 4) is 0 Å². The van der Waals surface area contributed by atoms with Gasteiger partial charge in [0.1, 0.15) is 18.3 Å². The minimum absolute atomic E-state index is 0.0271. The number of hydrogen-bond acceptors (Lipinski definition) is 8. The molecule has 5 fully saturated rings. The zero-order valence-electron chi connectivity index (χ0n) is 25.9. The first kappa shape index (κ1) is 29.5. The Morgan fingerprint density at radius 3 is 1.59 bits per heavy atom. The summed E-state index contributed by atoms with van der Waals surface area (Å²) in [6.07, 6.45) is 5.61. The molecular formula is C36H44N2O6. The van der Waals surface area contributed by atoms with Crippen LogP contribution >= 0.6 is 0 Å². The van der Waals surface area contributed by atoms with Gasteiger partial charge in [0.25, 0.3) is 0 Å². The molecule has 0 amide bonds. The van der Waals surface area contributed by atoms with Gasteiger partial charge in [0, 0.05) is 56.1 Å². The fraction of sp³-hybridized carbons (Fsp3) is 0.583. The minimum Gasteiger partial charge on any atom is -0.462 e. The van der Waals surface area contributed by atoms with Crippen molar-refractivity contribution in [2.45, 2.75) is 106 Å². The SMILES string of the molecule is CC(=O)OC1CC2CC(OC(=O)C3C(c4ccccc4)C(C(=O)OC4CC5CCC(C4)N5C)C3c3ccccc3)CC1N2C. The van der Waals surface area contributed by atoms with Crippen molar-refractivity contribution in [3.05, 3.63) is 71.8 Å². The fourth-order valence-corrected chi connectivity index (χ4v) is 9.27. The maximum atomic E-state index is 14.2. The predicted molar refractivity (Wildman–Crippen MR) is 164 cm³/mol. The number of benzene rings is 2. The van der Waals surface area contributed by atoms with Crippen LogP contribution in [0, 0.1) is 11.8 Å². The van der Waals surface area contributed by atoms with Crippen LogP contribution in [0.15, 0.2) is 60.7 Å². The standard InChI is InChI=1S/C36H44N2O6/c1-21(39)42-30-19-26-18-28(20-29(30)38(26)3)44-36(41)34-31(22-10-6-4-7-11-22)33(32(34)23-12-8-5-9-13-23)35(40)43-27-16-24-14-15-25(17-27)37(24)2/h4-13,24-34H,14-20H2,1-3H3. The van der Waals surface area contributed by atoms with E-state index in [1.54, 1.807) is 0 Å². The molecule has 0 aromatic heterocycles. The number of rotatable bonds is 7. The number of piperidine rings is 2. The van der Waals surface area contributed by atoms with Crippen molar-refractivity contribution in [1.29, 1.82) is 0 Å². The van der Waals surface area contributed by atoms with Crippen molar-refractivity contribution in [2.75, 3.05) is 14.1 Å². The first-order valence-corrected chi connectivity index (χ1v) is 16.4. The summed E-state index contributed by atoms with van der Waals surface area (Å²) in [6, 6.07) is 21.0. The molecule has 2 aromatic carbocycles. The Bertz CT molecular complexity index is 1310. The van der Waals surface area contributed by atoms with E-state index in [9.17, 15) is 14.4 Å². The molecule has 4 bridgehead atoms. The Morgan fingerprint density at radius 1 is 0.614 bits per heavy atom. The highest BCUT2D eigenvalue weighted by molar-refractivity contribution is 5.85. The molecule has 0 spiro atoms. The third-order valence-corrected chi connectivity index (χ3v) is 11.5. The first-order chi connectivity index (χ1) is 21.3. The second-order valence-electron chi connectivity index (χ2n) is 13.8. The summed E-state index contributed by atoms with van der Waals surface area (Å²) in [4.78, 5) is 44.8. The van der Waals surface area contributed by atoms with Gasteiger partial charge in [0.05, 0.1) is 17.9 Å². The van der Waals surface area contributed by atoms with E-state index in [0.29, 0.717) is 24.9 Å². The van der Waals surface area contributed by atoms with Crippen molar-refractivity contribution >= 4 is 17.9 Å². The Balaban J connectivity index is 1.14. The van der Waals surface area contributed by atoms with Gasteiger partial charge in [0.15, 0.2) is 0 Å². The number of fused-ring (bicyclic) bond motifs is 4. The predicted octanol–water partition coefficient (Wildman–Crippen LogP) is 4.68. The monoisotopic (exact) mass is 600 g/mol. The van der Waals surface area contributed by atoms with Gasteiger partial charge in [-0.15, -0.1) is 0 Å². The summed E-state index contributed by atoms with van der Waals surface area (Å²) in [5.41, 5.74) is 1.93. The van der Waals surface area contributed by atoms with Crippen LogP contribution < -0.4 is 0 Å². The normalized spacial score (nSPS) is 38.0. The number of nitrogens with zero attached hydrogens (tertiary/aromatic N) is 2. The van der Waals surface area contributed by atoms with Crippen LogP contribution in [0.4, 0.5) is 0 Å². The molecule has 0 radical (unpaired) electrons. The van der Waals surface area contributed by atoms with Crippen LogP contribution in [-0.4, -0.2) is 84.3 Å². The average Bonchev–Trinajstić information content (AvgIpc) is 3.27. The van der Waals surface area contributed by atoms with E-state index in [4.69, 9.17) is 14.2 Å². The molecule has 5 aliphatic rings. The largest absolute Gasteiger partial charge is 0.462 e. The second-order valence-corrected chi connectivity index (χ2v) is 13.8. The molecule has 7 rings (SSSR count). The summed E-state index contributed by atoms with van der Waals surface area (Å²) < 4.78 is 18.3. The lowest BCUT2D eigenvalue weighted by atomic mass is 9.52. The fourth-order valence-electron chi connectivity index (χ4n) is 9.27. The third-order valence-electron chi connectivity index (χ3n) is 11.5. The van der Waals surface area contributed by atoms with E-state index in [0.717, 1.165) is 43.2 Å². The van der Waals surface area contributed by atoms with Crippen molar-refractivity contribution in [3.63, 3.8) is 0 Å². The molecule has 8 atom stereocenters. The summed E-state index contributed by atoms with van der Waals surface area (Å²) >= 11 is 0. The molecule has 4 saturated heterocycles. The molecule has 4 aliphatic heterocycles. The molecule has 8 heteroatoms. The van der Waals surface area contributed by atoms with Crippen LogP contribution in [0.2, 0.25) is 0 Å². The Hall–Kier alpha value is -3.23. The molecule has 44 heavy (non-hydrogen) atoms. The molecule has 8 unspecified atom stereocenters. The van der Waals surface area contributed by atoms with Gasteiger partial charge in [-0.1, -0.05) is 60.7 Å². The number of esters is 3. The van der Waals surface area contributed by atoms with Gasteiger partial charge in [-0.25, -0.2) is 0 Å². The molecule has 8 nitrogen and oxygen atoms in total. The van der Waals surface area contributed by atoms with Crippen LogP contribution in [0.25, 0.3) is 0 Å². The molecule has 234 valence electrons. The Morgan fingerprint density at radius 2 is 1.09 bits per heavy atom. The number of hydrogen-bond donors (Lipinski definition) is 0. The molecule has 1 saturated carbocycles. The van der Waals surface area contributed by atoms with E-state index in [1.807, 2.05) is 60.7 Å². The van der Waals surface area contributed by atoms with Crippen molar-refractivity contribution in [1.82, 2.24) is 9.80 Å². The van der Waals surface area contributed by atoms with E-state index in [1.165, 1.54) is 6.92 Å². The third kappa shape index (κ3) is 5.34. The molecule has 1 aliphatic carbocycles. The molecular weight excluding hydrogens is 556 g/mol. The zero-order chi connectivity index (χ0) is 30.5. The van der Waals surface area contributed by atoms with Gasteiger partial charge < -0.3 is 19.1 Å². The van der Waals surface area contributed by atoms with Crippen molar-refractivity contribution in [2.24, 2.45) is 11.8 Å². The maximum absolute atomic E-state index is 14.2. The number of ether oxygens (including phenoxy) is 3. The number of likely N-dealkylation sites (N-methyl/N-ethyl adjacent to an activating group) is 1. The topological polar surface area (TPSA) is 85.4 Å². The summed E-state index contributed by atoms with van der Waals surface area (Å²) in [7, 11) is 4.25. The van der Waals surface area contributed by atoms with Gasteiger partial charge in [-0.3, -0.25) is 19.3 Å².